The summed E-state index contributed by atoms with van der Waals surface area (Å²) < 4.78 is 14.4. The van der Waals surface area contributed by atoms with Crippen molar-refractivity contribution in [2.24, 2.45) is 0 Å². The van der Waals surface area contributed by atoms with Crippen molar-refractivity contribution in [2.45, 2.75) is 5.41 Å². The molecule has 284 valence electrons. The van der Waals surface area contributed by atoms with Crippen molar-refractivity contribution in [1.82, 2.24) is 18.7 Å². The van der Waals surface area contributed by atoms with Crippen LogP contribution in [0.5, 0.6) is 11.5 Å². The first-order valence-electron chi connectivity index (χ1n) is 20.9. The highest BCUT2D eigenvalue weighted by molar-refractivity contribution is 6.15. The van der Waals surface area contributed by atoms with Gasteiger partial charge in [0.25, 0.3) is 0 Å². The summed E-state index contributed by atoms with van der Waals surface area (Å²) >= 11 is 0. The molecule has 0 saturated carbocycles. The van der Waals surface area contributed by atoms with E-state index in [1.807, 2.05) is 0 Å². The van der Waals surface area contributed by atoms with Gasteiger partial charge in [-0.2, -0.15) is 0 Å². The van der Waals surface area contributed by atoms with E-state index in [1.165, 1.54) is 38.6 Å². The van der Waals surface area contributed by atoms with Crippen LogP contribution in [-0.2, 0) is 5.41 Å². The van der Waals surface area contributed by atoms with Gasteiger partial charge >= 0.3 is 0 Å². The molecule has 1 unspecified atom stereocenters. The van der Waals surface area contributed by atoms with E-state index in [9.17, 15) is 0 Å². The summed E-state index contributed by atoms with van der Waals surface area (Å²) in [5, 5.41) is 4.77. The molecular formula is C56H34N4O. The number of rotatable bonds is 3. The Morgan fingerprint density at radius 2 is 1.03 bits per heavy atom. The molecular weight excluding hydrogens is 745 g/mol. The summed E-state index contributed by atoms with van der Waals surface area (Å²) in [5.41, 5.74) is 15.3. The molecule has 1 atom stereocenters. The van der Waals surface area contributed by atoms with E-state index >= 15 is 0 Å². The van der Waals surface area contributed by atoms with Gasteiger partial charge in [-0.1, -0.05) is 127 Å². The fraction of sp³-hybridized carbons (Fsp3) is 0.0179. The second-order valence-corrected chi connectivity index (χ2v) is 16.3. The molecule has 0 saturated heterocycles. The Morgan fingerprint density at radius 3 is 1.89 bits per heavy atom. The highest BCUT2D eigenvalue weighted by Gasteiger charge is 2.50. The zero-order valence-corrected chi connectivity index (χ0v) is 32.8. The van der Waals surface area contributed by atoms with Crippen molar-refractivity contribution in [3.63, 3.8) is 0 Å². The first kappa shape index (κ1) is 32.8. The van der Waals surface area contributed by atoms with Crippen LogP contribution in [0.1, 0.15) is 22.3 Å². The molecule has 0 aliphatic carbocycles. The molecule has 5 heteroatoms. The fourth-order valence-corrected chi connectivity index (χ4v) is 10.9. The number of para-hydroxylation sites is 8. The molecule has 0 N–H and O–H groups in total. The van der Waals surface area contributed by atoms with Gasteiger partial charge in [0.05, 0.1) is 49.6 Å². The van der Waals surface area contributed by atoms with Gasteiger partial charge in [-0.3, -0.25) is 4.57 Å². The molecule has 0 amide bonds. The predicted octanol–water partition coefficient (Wildman–Crippen LogP) is 13.7. The van der Waals surface area contributed by atoms with E-state index in [-0.39, 0.29) is 0 Å². The fourth-order valence-electron chi connectivity index (χ4n) is 10.9. The van der Waals surface area contributed by atoms with E-state index in [2.05, 4.69) is 220 Å². The summed E-state index contributed by atoms with van der Waals surface area (Å²) in [5.74, 6) is 2.69. The Bertz CT molecular complexity index is 3800. The third kappa shape index (κ3) is 4.17. The average molecular weight is 779 g/mol. The molecule has 1 spiro atoms. The van der Waals surface area contributed by atoms with Crippen molar-refractivity contribution in [1.29, 1.82) is 0 Å². The SMILES string of the molecule is c1ccc(-n2c(-c3ccc(-n4c5ccccc5c5c6c(ccc54)C4(c5ccccc5O6)c5ccccc5-n5c6ccccc6c6cccc4c65)cc3)nc3ccccc32)cc1. The number of hydrogen-bond donors (Lipinski definition) is 0. The van der Waals surface area contributed by atoms with Crippen LogP contribution < -0.4 is 4.74 Å². The number of imidazole rings is 1. The summed E-state index contributed by atoms with van der Waals surface area (Å²) in [6.45, 7) is 0. The van der Waals surface area contributed by atoms with E-state index in [0.29, 0.717) is 0 Å². The van der Waals surface area contributed by atoms with E-state index < -0.39 is 5.41 Å². The predicted molar refractivity (Wildman–Crippen MR) is 247 cm³/mol. The minimum Gasteiger partial charge on any atom is -0.456 e. The lowest BCUT2D eigenvalue weighted by molar-refractivity contribution is 0.439. The molecule has 61 heavy (non-hydrogen) atoms. The maximum Gasteiger partial charge on any atom is 0.145 e. The number of nitrogens with zero attached hydrogens (tertiary/aromatic N) is 4. The van der Waals surface area contributed by atoms with Gasteiger partial charge in [0.1, 0.15) is 17.3 Å². The topological polar surface area (TPSA) is 36.9 Å². The van der Waals surface area contributed by atoms with Crippen molar-refractivity contribution < 1.29 is 4.74 Å². The van der Waals surface area contributed by atoms with Gasteiger partial charge < -0.3 is 13.9 Å². The number of benzene rings is 9. The molecule has 0 fully saturated rings. The molecule has 9 aromatic carbocycles. The maximum absolute atomic E-state index is 7.26. The zero-order chi connectivity index (χ0) is 39.8. The quantitative estimate of drug-likeness (QED) is 0.179. The summed E-state index contributed by atoms with van der Waals surface area (Å²) in [6.07, 6.45) is 0. The minimum absolute atomic E-state index is 0.645. The molecule has 12 aromatic rings. The Hall–Kier alpha value is -8.15. The van der Waals surface area contributed by atoms with E-state index in [4.69, 9.17) is 9.72 Å². The van der Waals surface area contributed by atoms with Crippen LogP contribution in [0.25, 0.3) is 83.1 Å². The largest absolute Gasteiger partial charge is 0.456 e. The zero-order valence-electron chi connectivity index (χ0n) is 32.8. The smallest absolute Gasteiger partial charge is 0.145 e. The molecule has 2 aliphatic rings. The molecule has 2 aliphatic heterocycles. The third-order valence-corrected chi connectivity index (χ3v) is 13.3. The molecule has 0 bridgehead atoms. The van der Waals surface area contributed by atoms with Crippen molar-refractivity contribution in [2.75, 3.05) is 0 Å². The lowest BCUT2D eigenvalue weighted by Gasteiger charge is -2.45. The van der Waals surface area contributed by atoms with Crippen LogP contribution in [0.4, 0.5) is 0 Å². The van der Waals surface area contributed by atoms with Crippen molar-refractivity contribution >= 4 is 54.6 Å². The van der Waals surface area contributed by atoms with E-state index in [0.717, 1.165) is 78.2 Å². The lowest BCUT2D eigenvalue weighted by Crippen LogP contribution is -2.37. The van der Waals surface area contributed by atoms with E-state index in [1.54, 1.807) is 0 Å². The van der Waals surface area contributed by atoms with Gasteiger partial charge in [0, 0.05) is 44.2 Å². The second kappa shape index (κ2) is 12.0. The third-order valence-electron chi connectivity index (χ3n) is 13.3. The highest BCUT2D eigenvalue weighted by Crippen LogP contribution is 2.62. The van der Waals surface area contributed by atoms with Crippen LogP contribution >= 0.6 is 0 Å². The summed E-state index contributed by atoms with van der Waals surface area (Å²) in [7, 11) is 0. The van der Waals surface area contributed by atoms with Crippen molar-refractivity contribution in [3.05, 3.63) is 229 Å². The molecule has 0 radical (unpaired) electrons. The van der Waals surface area contributed by atoms with Crippen LogP contribution in [0.15, 0.2) is 206 Å². The summed E-state index contributed by atoms with van der Waals surface area (Å²) in [6, 6.07) is 74.5. The Labute approximate surface area is 350 Å². The van der Waals surface area contributed by atoms with Crippen LogP contribution in [-0.4, -0.2) is 18.7 Å². The lowest BCUT2D eigenvalue weighted by atomic mass is 9.61. The van der Waals surface area contributed by atoms with Gasteiger partial charge in [0.2, 0.25) is 0 Å². The van der Waals surface area contributed by atoms with Gasteiger partial charge in [-0.15, -0.1) is 0 Å². The first-order valence-corrected chi connectivity index (χ1v) is 20.9. The number of aromatic nitrogens is 4. The highest BCUT2D eigenvalue weighted by atomic mass is 16.5. The monoisotopic (exact) mass is 778 g/mol. The van der Waals surface area contributed by atoms with Gasteiger partial charge in [-0.25, -0.2) is 4.98 Å². The Balaban J connectivity index is 1.03. The molecule has 14 rings (SSSR count). The van der Waals surface area contributed by atoms with Gasteiger partial charge in [0.15, 0.2) is 0 Å². The van der Waals surface area contributed by atoms with Gasteiger partial charge in [-0.05, 0) is 90.0 Å². The molecule has 5 nitrogen and oxygen atoms in total. The number of hydrogen-bond acceptors (Lipinski definition) is 2. The second-order valence-electron chi connectivity index (χ2n) is 16.3. The average Bonchev–Trinajstić information content (AvgIpc) is 4.00. The number of fused-ring (bicyclic) bond motifs is 16. The standard InChI is InChI=1S/C56H34N4O/c1-2-15-36(16-3-1)59-49-27-12-8-23-45(49)57-55(59)35-29-31-37(32-30-35)58-47-25-10-5-18-40(47)52-50(58)34-33-44-54(52)61-51-28-13-7-21-42(51)56(44)41-20-6-11-26-48(41)60-46-24-9-4-17-38(46)39-19-14-22-43(56)53(39)60/h1-34H. The summed E-state index contributed by atoms with van der Waals surface area (Å²) in [4.78, 5) is 5.15. The molecule has 3 aromatic heterocycles. The Morgan fingerprint density at radius 1 is 0.393 bits per heavy atom. The molecule has 5 heterocycles. The first-order chi connectivity index (χ1) is 30.3. The van der Waals surface area contributed by atoms with Crippen LogP contribution in [0.3, 0.4) is 0 Å². The number of ether oxygens (including phenoxy) is 1. The normalized spacial score (nSPS) is 15.1. The van der Waals surface area contributed by atoms with Crippen LogP contribution in [0.2, 0.25) is 0 Å². The van der Waals surface area contributed by atoms with Crippen molar-refractivity contribution in [3.8, 4) is 39.9 Å². The maximum atomic E-state index is 7.26. The Kier molecular flexibility index (Phi) is 6.43. The minimum atomic E-state index is -0.645. The van der Waals surface area contributed by atoms with Crippen LogP contribution in [0, 0.1) is 0 Å².